The van der Waals surface area contributed by atoms with Gasteiger partial charge in [-0.25, -0.2) is 0 Å². The monoisotopic (exact) mass is 258 g/mol. The molecule has 1 fully saturated rings. The van der Waals surface area contributed by atoms with Crippen LogP contribution in [0.15, 0.2) is 0 Å². The maximum atomic E-state index is 10.1. The van der Waals surface area contributed by atoms with Crippen LogP contribution in [0, 0.1) is 5.92 Å². The summed E-state index contributed by atoms with van der Waals surface area (Å²) in [6, 6.07) is 0.901. The van der Waals surface area contributed by atoms with Crippen LogP contribution in [0.25, 0.3) is 0 Å². The number of aliphatic hydroxyl groups is 1. The quantitative estimate of drug-likeness (QED) is 0.653. The van der Waals surface area contributed by atoms with Crippen LogP contribution in [0.2, 0.25) is 0 Å². The first-order valence-electron chi connectivity index (χ1n) is 7.08. The number of methoxy groups -OCH3 is 1. The van der Waals surface area contributed by atoms with Crippen molar-refractivity contribution in [2.75, 3.05) is 26.8 Å². The first-order valence-corrected chi connectivity index (χ1v) is 7.08. The van der Waals surface area contributed by atoms with E-state index >= 15 is 0 Å². The van der Waals surface area contributed by atoms with Crippen LogP contribution in [0.3, 0.4) is 0 Å². The second kappa shape index (κ2) is 6.85. The SMILES string of the molecule is COCCN(C(C)CC(C)(O)CN)C(C)C1CC1. The van der Waals surface area contributed by atoms with E-state index in [9.17, 15) is 5.11 Å². The van der Waals surface area contributed by atoms with Crippen LogP contribution < -0.4 is 5.73 Å². The largest absolute Gasteiger partial charge is 0.389 e. The third kappa shape index (κ3) is 4.84. The van der Waals surface area contributed by atoms with Gasteiger partial charge in [-0.15, -0.1) is 0 Å². The molecule has 0 amide bonds. The average molecular weight is 258 g/mol. The summed E-state index contributed by atoms with van der Waals surface area (Å²) in [4.78, 5) is 2.46. The van der Waals surface area contributed by atoms with Crippen molar-refractivity contribution in [3.63, 3.8) is 0 Å². The zero-order valence-corrected chi connectivity index (χ0v) is 12.4. The van der Waals surface area contributed by atoms with Gasteiger partial charge in [0.15, 0.2) is 0 Å². The molecule has 1 rings (SSSR count). The molecule has 0 aromatic heterocycles. The van der Waals surface area contributed by atoms with Crippen molar-refractivity contribution < 1.29 is 9.84 Å². The fourth-order valence-electron chi connectivity index (χ4n) is 2.71. The molecule has 3 unspecified atom stereocenters. The number of ether oxygens (including phenoxy) is 1. The molecule has 0 radical (unpaired) electrons. The first kappa shape index (κ1) is 15.9. The second-order valence-electron chi connectivity index (χ2n) is 6.06. The summed E-state index contributed by atoms with van der Waals surface area (Å²) in [6.45, 7) is 8.27. The van der Waals surface area contributed by atoms with Crippen LogP contribution in [0.4, 0.5) is 0 Å². The smallest absolute Gasteiger partial charge is 0.0756 e. The summed E-state index contributed by atoms with van der Waals surface area (Å²) in [6.07, 6.45) is 3.39. The van der Waals surface area contributed by atoms with Gasteiger partial charge in [0.25, 0.3) is 0 Å². The Hall–Kier alpha value is -0.160. The highest BCUT2D eigenvalue weighted by molar-refractivity contribution is 4.89. The molecule has 1 aliphatic carbocycles. The number of hydrogen-bond acceptors (Lipinski definition) is 4. The Bertz CT molecular complexity index is 242. The molecule has 1 saturated carbocycles. The average Bonchev–Trinajstić information content (AvgIpc) is 3.12. The standard InChI is InChI=1S/C14H30N2O2/c1-11(9-14(3,17)10-15)16(7-8-18-4)12(2)13-5-6-13/h11-13,17H,5-10,15H2,1-4H3. The molecule has 0 aromatic carbocycles. The Morgan fingerprint density at radius 3 is 2.50 bits per heavy atom. The molecule has 4 nitrogen and oxygen atoms in total. The minimum absolute atomic E-state index is 0.313. The van der Waals surface area contributed by atoms with Crippen molar-refractivity contribution >= 4 is 0 Å². The number of nitrogens with two attached hydrogens (primary N) is 1. The number of nitrogens with zero attached hydrogens (tertiary/aromatic N) is 1. The van der Waals surface area contributed by atoms with E-state index in [-0.39, 0.29) is 0 Å². The van der Waals surface area contributed by atoms with Crippen LogP contribution in [0.1, 0.15) is 40.0 Å². The highest BCUT2D eigenvalue weighted by Gasteiger charge is 2.35. The van der Waals surface area contributed by atoms with Crippen molar-refractivity contribution in [1.82, 2.24) is 4.90 Å². The van der Waals surface area contributed by atoms with E-state index in [0.717, 1.165) is 19.1 Å². The highest BCUT2D eigenvalue weighted by Crippen LogP contribution is 2.36. The van der Waals surface area contributed by atoms with Crippen LogP contribution in [-0.2, 0) is 4.74 Å². The molecule has 3 atom stereocenters. The zero-order valence-electron chi connectivity index (χ0n) is 12.4. The second-order valence-corrected chi connectivity index (χ2v) is 6.06. The summed E-state index contributed by atoms with van der Waals surface area (Å²) in [5, 5.41) is 10.1. The summed E-state index contributed by atoms with van der Waals surface area (Å²) >= 11 is 0. The Kier molecular flexibility index (Phi) is 6.05. The topological polar surface area (TPSA) is 58.7 Å². The van der Waals surface area contributed by atoms with Crippen molar-refractivity contribution in [3.8, 4) is 0 Å². The Labute approximate surface area is 111 Å². The van der Waals surface area contributed by atoms with Gasteiger partial charge in [0.2, 0.25) is 0 Å². The molecule has 0 saturated heterocycles. The minimum Gasteiger partial charge on any atom is -0.389 e. The van der Waals surface area contributed by atoms with Crippen LogP contribution in [0.5, 0.6) is 0 Å². The lowest BCUT2D eigenvalue weighted by molar-refractivity contribution is 0.00992. The third-order valence-electron chi connectivity index (χ3n) is 4.12. The molecule has 108 valence electrons. The molecule has 18 heavy (non-hydrogen) atoms. The van der Waals surface area contributed by atoms with E-state index in [4.69, 9.17) is 10.5 Å². The number of hydrogen-bond donors (Lipinski definition) is 2. The lowest BCUT2D eigenvalue weighted by Crippen LogP contribution is -2.48. The first-order chi connectivity index (χ1) is 8.41. The molecule has 0 aromatic rings. The van der Waals surface area contributed by atoms with Gasteiger partial charge in [-0.1, -0.05) is 0 Å². The minimum atomic E-state index is -0.770. The Morgan fingerprint density at radius 2 is 2.06 bits per heavy atom. The van der Waals surface area contributed by atoms with Crippen LogP contribution in [-0.4, -0.2) is 54.5 Å². The fourth-order valence-corrected chi connectivity index (χ4v) is 2.71. The maximum Gasteiger partial charge on any atom is 0.0756 e. The molecule has 0 heterocycles. The van der Waals surface area contributed by atoms with Gasteiger partial charge in [0, 0.05) is 32.3 Å². The summed E-state index contributed by atoms with van der Waals surface area (Å²) in [5.41, 5.74) is 4.84. The van der Waals surface area contributed by atoms with E-state index in [0.29, 0.717) is 25.0 Å². The van der Waals surface area contributed by atoms with Gasteiger partial charge in [-0.2, -0.15) is 0 Å². The fraction of sp³-hybridized carbons (Fsp3) is 1.00. The summed E-state index contributed by atoms with van der Waals surface area (Å²) in [5.74, 6) is 0.826. The molecule has 0 bridgehead atoms. The van der Waals surface area contributed by atoms with E-state index in [1.807, 2.05) is 6.92 Å². The van der Waals surface area contributed by atoms with E-state index in [1.165, 1.54) is 12.8 Å². The predicted octanol–water partition coefficient (Wildman–Crippen LogP) is 1.22. The molecule has 3 N–H and O–H groups in total. The Balaban J connectivity index is 2.56. The van der Waals surface area contributed by atoms with Crippen LogP contribution >= 0.6 is 0 Å². The van der Waals surface area contributed by atoms with Gasteiger partial charge >= 0.3 is 0 Å². The van der Waals surface area contributed by atoms with Crippen molar-refractivity contribution in [1.29, 1.82) is 0 Å². The lowest BCUT2D eigenvalue weighted by Gasteiger charge is -2.37. The zero-order chi connectivity index (χ0) is 13.8. The molecule has 1 aliphatic rings. The molecular formula is C14H30N2O2. The molecular weight excluding hydrogens is 228 g/mol. The van der Waals surface area contributed by atoms with E-state index < -0.39 is 5.60 Å². The van der Waals surface area contributed by atoms with Gasteiger partial charge < -0.3 is 15.6 Å². The van der Waals surface area contributed by atoms with E-state index in [1.54, 1.807) is 7.11 Å². The molecule has 0 aliphatic heterocycles. The van der Waals surface area contributed by atoms with Gasteiger partial charge in [-0.3, -0.25) is 4.90 Å². The van der Waals surface area contributed by atoms with Crippen molar-refractivity contribution in [3.05, 3.63) is 0 Å². The van der Waals surface area contributed by atoms with Gasteiger partial charge in [0.05, 0.1) is 12.2 Å². The molecule has 4 heteroatoms. The number of rotatable bonds is 9. The summed E-state index contributed by atoms with van der Waals surface area (Å²) in [7, 11) is 1.74. The Morgan fingerprint density at radius 1 is 1.44 bits per heavy atom. The molecule has 0 spiro atoms. The van der Waals surface area contributed by atoms with Crippen molar-refractivity contribution in [2.24, 2.45) is 11.7 Å². The maximum absolute atomic E-state index is 10.1. The van der Waals surface area contributed by atoms with Gasteiger partial charge in [0.1, 0.15) is 0 Å². The lowest BCUT2D eigenvalue weighted by atomic mass is 9.95. The van der Waals surface area contributed by atoms with Crippen molar-refractivity contribution in [2.45, 2.75) is 57.7 Å². The predicted molar refractivity (Wildman–Crippen MR) is 74.5 cm³/mol. The summed E-state index contributed by atoms with van der Waals surface area (Å²) < 4.78 is 5.20. The van der Waals surface area contributed by atoms with Gasteiger partial charge in [-0.05, 0) is 46.0 Å². The highest BCUT2D eigenvalue weighted by atomic mass is 16.5. The third-order valence-corrected chi connectivity index (χ3v) is 4.12. The van der Waals surface area contributed by atoms with E-state index in [2.05, 4.69) is 18.7 Å². The normalized spacial score (nSPS) is 22.8.